The molecule has 0 saturated carbocycles. The SMILES string of the molecule is C=CCOB(CC)CC. The van der Waals surface area contributed by atoms with Gasteiger partial charge in [-0.1, -0.05) is 32.6 Å². The fraction of sp³-hybridized carbons (Fsp3) is 0.714. The van der Waals surface area contributed by atoms with Crippen LogP contribution in [-0.4, -0.2) is 13.5 Å². The Morgan fingerprint density at radius 3 is 2.33 bits per heavy atom. The highest BCUT2D eigenvalue weighted by Crippen LogP contribution is 1.98. The summed E-state index contributed by atoms with van der Waals surface area (Å²) in [4.78, 5) is 0. The minimum absolute atomic E-state index is 0.433. The average Bonchev–Trinajstić information content (AvgIpc) is 1.91. The van der Waals surface area contributed by atoms with Crippen molar-refractivity contribution in [3.8, 4) is 0 Å². The normalized spacial score (nSPS) is 9.11. The van der Waals surface area contributed by atoms with Gasteiger partial charge >= 0.3 is 0 Å². The van der Waals surface area contributed by atoms with E-state index in [1.165, 1.54) is 0 Å². The number of rotatable bonds is 5. The molecule has 0 saturated heterocycles. The second-order valence-corrected chi connectivity index (χ2v) is 2.06. The van der Waals surface area contributed by atoms with Crippen molar-refractivity contribution in [1.29, 1.82) is 0 Å². The Labute approximate surface area is 58.2 Å². The molecular weight excluding hydrogens is 111 g/mol. The summed E-state index contributed by atoms with van der Waals surface area (Å²) in [7, 11) is 0. The molecule has 0 aromatic carbocycles. The van der Waals surface area contributed by atoms with E-state index in [-0.39, 0.29) is 0 Å². The first kappa shape index (κ1) is 8.76. The first-order chi connectivity index (χ1) is 4.35. The minimum Gasteiger partial charge on any atom is -0.433 e. The van der Waals surface area contributed by atoms with Gasteiger partial charge in [-0.05, 0) is 0 Å². The molecule has 0 fully saturated rings. The minimum atomic E-state index is 0.433. The molecule has 0 unspecified atom stereocenters. The summed E-state index contributed by atoms with van der Waals surface area (Å²) >= 11 is 0. The predicted octanol–water partition coefficient (Wildman–Crippen LogP) is 2.22. The molecule has 1 nitrogen and oxygen atoms in total. The summed E-state index contributed by atoms with van der Waals surface area (Å²) in [6, 6.07) is 0. The molecule has 0 aromatic rings. The van der Waals surface area contributed by atoms with E-state index in [1.54, 1.807) is 6.08 Å². The molecule has 2 heteroatoms. The highest BCUT2D eigenvalue weighted by atomic mass is 16.4. The topological polar surface area (TPSA) is 9.23 Å². The Balaban J connectivity index is 3.19. The maximum absolute atomic E-state index is 5.37. The van der Waals surface area contributed by atoms with Crippen LogP contribution in [-0.2, 0) is 4.65 Å². The zero-order valence-electron chi connectivity index (χ0n) is 6.39. The first-order valence-corrected chi connectivity index (χ1v) is 3.57. The molecule has 0 heterocycles. The van der Waals surface area contributed by atoms with E-state index >= 15 is 0 Å². The van der Waals surface area contributed by atoms with Gasteiger partial charge in [0, 0.05) is 6.61 Å². The molecular formula is C7H15BO. The van der Waals surface area contributed by atoms with Crippen LogP contribution in [0.3, 0.4) is 0 Å². The van der Waals surface area contributed by atoms with Crippen LogP contribution in [0.5, 0.6) is 0 Å². The second kappa shape index (κ2) is 5.89. The van der Waals surface area contributed by atoms with E-state index in [0.717, 1.165) is 12.6 Å². The Morgan fingerprint density at radius 1 is 1.44 bits per heavy atom. The molecule has 0 bridgehead atoms. The lowest BCUT2D eigenvalue weighted by Crippen LogP contribution is -2.14. The highest BCUT2D eigenvalue weighted by molar-refractivity contribution is 6.51. The molecule has 52 valence electrons. The first-order valence-electron chi connectivity index (χ1n) is 3.57. The van der Waals surface area contributed by atoms with Crippen molar-refractivity contribution < 1.29 is 4.65 Å². The van der Waals surface area contributed by atoms with Crippen molar-refractivity contribution in [2.75, 3.05) is 6.61 Å². The summed E-state index contributed by atoms with van der Waals surface area (Å²) in [5.74, 6) is 0. The zero-order valence-corrected chi connectivity index (χ0v) is 6.39. The predicted molar refractivity (Wildman–Crippen MR) is 42.9 cm³/mol. The zero-order chi connectivity index (χ0) is 7.11. The third kappa shape index (κ3) is 4.28. The maximum Gasteiger partial charge on any atom is 0.292 e. The lowest BCUT2D eigenvalue weighted by atomic mass is 9.63. The van der Waals surface area contributed by atoms with Gasteiger partial charge in [0.15, 0.2) is 0 Å². The summed E-state index contributed by atoms with van der Waals surface area (Å²) < 4.78 is 5.37. The third-order valence-corrected chi connectivity index (χ3v) is 1.36. The second-order valence-electron chi connectivity index (χ2n) is 2.06. The maximum atomic E-state index is 5.37. The summed E-state index contributed by atoms with van der Waals surface area (Å²) in [6.45, 7) is 8.97. The van der Waals surface area contributed by atoms with Gasteiger partial charge in [-0.3, -0.25) is 0 Å². The van der Waals surface area contributed by atoms with Crippen LogP contribution < -0.4 is 0 Å². The van der Waals surface area contributed by atoms with E-state index in [0.29, 0.717) is 13.5 Å². The van der Waals surface area contributed by atoms with Crippen LogP contribution in [0.2, 0.25) is 12.6 Å². The van der Waals surface area contributed by atoms with Gasteiger partial charge in [0.05, 0.1) is 0 Å². The van der Waals surface area contributed by atoms with Gasteiger partial charge in [0.25, 0.3) is 6.92 Å². The Morgan fingerprint density at radius 2 is 2.00 bits per heavy atom. The summed E-state index contributed by atoms with van der Waals surface area (Å²) in [5, 5.41) is 0. The standard InChI is InChI=1S/C7H15BO/c1-4-7-9-8(5-2)6-3/h4H,1,5-7H2,2-3H3. The monoisotopic (exact) mass is 126 g/mol. The van der Waals surface area contributed by atoms with Gasteiger partial charge in [-0.15, -0.1) is 6.58 Å². The molecule has 0 spiro atoms. The van der Waals surface area contributed by atoms with E-state index in [1.807, 2.05) is 0 Å². The highest BCUT2D eigenvalue weighted by Gasteiger charge is 2.06. The molecule has 9 heavy (non-hydrogen) atoms. The van der Waals surface area contributed by atoms with E-state index in [2.05, 4.69) is 20.4 Å². The van der Waals surface area contributed by atoms with Crippen LogP contribution in [0.1, 0.15) is 13.8 Å². The lowest BCUT2D eigenvalue weighted by molar-refractivity contribution is 0.366. The quantitative estimate of drug-likeness (QED) is 0.405. The van der Waals surface area contributed by atoms with E-state index in [9.17, 15) is 0 Å². The fourth-order valence-electron chi connectivity index (χ4n) is 0.729. The Bertz CT molecular complexity index is 69.3. The van der Waals surface area contributed by atoms with Crippen molar-refractivity contribution in [3.63, 3.8) is 0 Å². The summed E-state index contributed by atoms with van der Waals surface area (Å²) in [6.07, 6.45) is 3.99. The largest absolute Gasteiger partial charge is 0.433 e. The summed E-state index contributed by atoms with van der Waals surface area (Å²) in [5.41, 5.74) is 0. The van der Waals surface area contributed by atoms with Crippen LogP contribution in [0.25, 0.3) is 0 Å². The van der Waals surface area contributed by atoms with Crippen molar-refractivity contribution in [3.05, 3.63) is 12.7 Å². The smallest absolute Gasteiger partial charge is 0.292 e. The fourth-order valence-corrected chi connectivity index (χ4v) is 0.729. The van der Waals surface area contributed by atoms with Crippen LogP contribution >= 0.6 is 0 Å². The van der Waals surface area contributed by atoms with Crippen LogP contribution in [0.4, 0.5) is 0 Å². The van der Waals surface area contributed by atoms with Crippen molar-refractivity contribution >= 4 is 6.92 Å². The molecule has 0 aliphatic carbocycles. The molecule has 0 N–H and O–H groups in total. The Kier molecular flexibility index (Phi) is 5.74. The van der Waals surface area contributed by atoms with Crippen LogP contribution in [0, 0.1) is 0 Å². The molecule has 0 amide bonds. The molecule has 0 aliphatic heterocycles. The lowest BCUT2D eigenvalue weighted by Gasteiger charge is -2.06. The molecule has 0 rings (SSSR count). The van der Waals surface area contributed by atoms with Gasteiger partial charge in [0.1, 0.15) is 0 Å². The van der Waals surface area contributed by atoms with E-state index in [4.69, 9.17) is 4.65 Å². The average molecular weight is 126 g/mol. The van der Waals surface area contributed by atoms with Crippen molar-refractivity contribution in [2.24, 2.45) is 0 Å². The van der Waals surface area contributed by atoms with Gasteiger partial charge in [-0.2, -0.15) is 0 Å². The molecule has 0 aromatic heterocycles. The van der Waals surface area contributed by atoms with Gasteiger partial charge < -0.3 is 4.65 Å². The van der Waals surface area contributed by atoms with Crippen molar-refractivity contribution in [2.45, 2.75) is 26.5 Å². The van der Waals surface area contributed by atoms with Crippen LogP contribution in [0.15, 0.2) is 12.7 Å². The third-order valence-electron chi connectivity index (χ3n) is 1.36. The van der Waals surface area contributed by atoms with Crippen molar-refractivity contribution in [1.82, 2.24) is 0 Å². The van der Waals surface area contributed by atoms with E-state index < -0.39 is 0 Å². The Hall–Kier alpha value is -0.235. The number of hydrogen-bond acceptors (Lipinski definition) is 1. The van der Waals surface area contributed by atoms with Gasteiger partial charge in [-0.25, -0.2) is 0 Å². The van der Waals surface area contributed by atoms with Gasteiger partial charge in [0.2, 0.25) is 0 Å². The molecule has 0 radical (unpaired) electrons. The number of hydrogen-bond donors (Lipinski definition) is 0. The molecule has 0 atom stereocenters. The molecule has 0 aliphatic rings.